The van der Waals surface area contributed by atoms with Gasteiger partial charge >= 0.3 is 0 Å². The predicted octanol–water partition coefficient (Wildman–Crippen LogP) is 2.06. The molecule has 0 aliphatic heterocycles. The molecule has 0 aliphatic rings. The number of nitrogen functional groups attached to an aromatic ring is 1. The van der Waals surface area contributed by atoms with Crippen LogP contribution in [0.25, 0.3) is 11.1 Å². The van der Waals surface area contributed by atoms with Crippen LogP contribution in [0.15, 0.2) is 22.9 Å². The first-order valence-electron chi connectivity index (χ1n) is 3.06. The van der Waals surface area contributed by atoms with Crippen LogP contribution in [0.5, 0.6) is 0 Å². The molecule has 2 N–H and O–H groups in total. The molecule has 0 unspecified atom stereocenters. The molecule has 1 aromatic carbocycles. The monoisotopic (exact) mass is 168 g/mol. The van der Waals surface area contributed by atoms with Gasteiger partial charge in [0.05, 0.1) is 10.7 Å². The zero-order valence-electron chi connectivity index (χ0n) is 5.54. The van der Waals surface area contributed by atoms with Crippen molar-refractivity contribution in [2.75, 3.05) is 5.73 Å². The first kappa shape index (κ1) is 6.49. The van der Waals surface area contributed by atoms with Crippen molar-refractivity contribution in [3.8, 4) is 0 Å². The minimum absolute atomic E-state index is 0.534. The van der Waals surface area contributed by atoms with Crippen molar-refractivity contribution in [1.82, 2.24) is 4.98 Å². The lowest BCUT2D eigenvalue weighted by molar-refractivity contribution is 0.602. The Kier molecular flexibility index (Phi) is 1.26. The summed E-state index contributed by atoms with van der Waals surface area (Å²) in [7, 11) is 0. The average molecular weight is 169 g/mol. The van der Waals surface area contributed by atoms with Gasteiger partial charge in [-0.05, 0) is 12.1 Å². The number of rotatable bonds is 0. The molecule has 56 valence electrons. The second-order valence-corrected chi connectivity index (χ2v) is 2.57. The van der Waals surface area contributed by atoms with Crippen LogP contribution < -0.4 is 5.73 Å². The Labute approximate surface area is 67.8 Å². The second kappa shape index (κ2) is 2.13. The highest BCUT2D eigenvalue weighted by molar-refractivity contribution is 6.35. The van der Waals surface area contributed by atoms with Crippen LogP contribution in [-0.4, -0.2) is 4.98 Å². The van der Waals surface area contributed by atoms with Crippen LogP contribution in [-0.2, 0) is 0 Å². The highest BCUT2D eigenvalue weighted by Gasteiger charge is 2.05. The topological polar surface area (TPSA) is 52.0 Å². The summed E-state index contributed by atoms with van der Waals surface area (Å²) in [6.07, 6.45) is 1.33. The fourth-order valence-electron chi connectivity index (χ4n) is 0.939. The number of benzene rings is 1. The Bertz CT molecular complexity index is 360. The number of hydrogen-bond acceptors (Lipinski definition) is 3. The summed E-state index contributed by atoms with van der Waals surface area (Å²) >= 11 is 5.78. The molecule has 0 spiro atoms. The quantitative estimate of drug-likeness (QED) is 0.613. The van der Waals surface area contributed by atoms with Gasteiger partial charge in [0.1, 0.15) is 5.52 Å². The maximum absolute atomic E-state index is 5.78. The molecular weight excluding hydrogens is 164 g/mol. The number of nitrogens with zero attached hydrogens (tertiary/aromatic N) is 1. The molecule has 0 bridgehead atoms. The summed E-state index contributed by atoms with van der Waals surface area (Å²) in [4.78, 5) is 3.90. The molecule has 0 amide bonds. The van der Waals surface area contributed by atoms with E-state index < -0.39 is 0 Å². The van der Waals surface area contributed by atoms with Gasteiger partial charge in [-0.1, -0.05) is 11.6 Å². The van der Waals surface area contributed by atoms with E-state index in [1.54, 1.807) is 12.1 Å². The third-order valence-electron chi connectivity index (χ3n) is 1.47. The van der Waals surface area contributed by atoms with Crippen molar-refractivity contribution in [3.63, 3.8) is 0 Å². The molecule has 4 heteroatoms. The van der Waals surface area contributed by atoms with Gasteiger partial charge < -0.3 is 10.2 Å². The van der Waals surface area contributed by atoms with E-state index in [1.165, 1.54) is 6.39 Å². The fourth-order valence-corrected chi connectivity index (χ4v) is 1.14. The second-order valence-electron chi connectivity index (χ2n) is 2.17. The highest BCUT2D eigenvalue weighted by Crippen LogP contribution is 2.26. The maximum atomic E-state index is 5.78. The number of fused-ring (bicyclic) bond motifs is 1. The molecule has 3 nitrogen and oxygen atoms in total. The van der Waals surface area contributed by atoms with Crippen molar-refractivity contribution in [2.24, 2.45) is 0 Å². The van der Waals surface area contributed by atoms with Crippen LogP contribution in [0.2, 0.25) is 5.02 Å². The minimum Gasteiger partial charge on any atom is -0.442 e. The molecule has 0 radical (unpaired) electrons. The van der Waals surface area contributed by atoms with Gasteiger partial charge in [-0.25, -0.2) is 4.98 Å². The van der Waals surface area contributed by atoms with Gasteiger partial charge in [-0.2, -0.15) is 0 Å². The molecule has 0 saturated heterocycles. The lowest BCUT2D eigenvalue weighted by Gasteiger charge is -1.93. The summed E-state index contributed by atoms with van der Waals surface area (Å²) in [5.74, 6) is 0. The van der Waals surface area contributed by atoms with Crippen molar-refractivity contribution in [1.29, 1.82) is 0 Å². The van der Waals surface area contributed by atoms with E-state index in [1.807, 2.05) is 0 Å². The summed E-state index contributed by atoms with van der Waals surface area (Å²) in [5.41, 5.74) is 7.34. The Morgan fingerprint density at radius 1 is 1.45 bits per heavy atom. The summed E-state index contributed by atoms with van der Waals surface area (Å²) in [6, 6.07) is 3.39. The smallest absolute Gasteiger partial charge is 0.182 e. The summed E-state index contributed by atoms with van der Waals surface area (Å²) < 4.78 is 5.01. The van der Waals surface area contributed by atoms with Crippen molar-refractivity contribution >= 4 is 28.4 Å². The first-order chi connectivity index (χ1) is 5.29. The predicted molar refractivity (Wildman–Crippen MR) is 43.4 cm³/mol. The molecule has 1 aromatic heterocycles. The Morgan fingerprint density at radius 2 is 2.27 bits per heavy atom. The Hall–Kier alpha value is -1.22. The number of halogens is 1. The lowest BCUT2D eigenvalue weighted by Crippen LogP contribution is -1.85. The fraction of sp³-hybridized carbons (Fsp3) is 0. The molecule has 0 fully saturated rings. The summed E-state index contributed by atoms with van der Waals surface area (Å²) in [6.45, 7) is 0. The highest BCUT2D eigenvalue weighted by atomic mass is 35.5. The van der Waals surface area contributed by atoms with E-state index in [4.69, 9.17) is 21.8 Å². The van der Waals surface area contributed by atoms with E-state index in [0.717, 1.165) is 0 Å². The average Bonchev–Trinajstić information content (AvgIpc) is 2.45. The van der Waals surface area contributed by atoms with Crippen molar-refractivity contribution < 1.29 is 4.42 Å². The van der Waals surface area contributed by atoms with Gasteiger partial charge in [0.2, 0.25) is 0 Å². The van der Waals surface area contributed by atoms with E-state index in [-0.39, 0.29) is 0 Å². The molecule has 1 heterocycles. The lowest BCUT2D eigenvalue weighted by atomic mass is 10.3. The number of nitrogens with two attached hydrogens (primary N) is 1. The van der Waals surface area contributed by atoms with Gasteiger partial charge in [0, 0.05) is 0 Å². The zero-order chi connectivity index (χ0) is 7.84. The SMILES string of the molecule is Nc1ccc(Cl)c2ocnc12. The summed E-state index contributed by atoms with van der Waals surface area (Å²) in [5, 5.41) is 0.534. The van der Waals surface area contributed by atoms with Crippen LogP contribution in [0.3, 0.4) is 0 Å². The van der Waals surface area contributed by atoms with E-state index >= 15 is 0 Å². The zero-order valence-corrected chi connectivity index (χ0v) is 6.30. The van der Waals surface area contributed by atoms with Crippen LogP contribution in [0.4, 0.5) is 5.69 Å². The van der Waals surface area contributed by atoms with Gasteiger partial charge in [0.25, 0.3) is 0 Å². The maximum Gasteiger partial charge on any atom is 0.182 e. The molecule has 0 atom stereocenters. The van der Waals surface area contributed by atoms with Gasteiger partial charge in [-0.3, -0.25) is 0 Å². The van der Waals surface area contributed by atoms with Crippen molar-refractivity contribution in [3.05, 3.63) is 23.5 Å². The first-order valence-corrected chi connectivity index (χ1v) is 3.44. The minimum atomic E-state index is 0.534. The number of hydrogen-bond donors (Lipinski definition) is 1. The van der Waals surface area contributed by atoms with Gasteiger partial charge in [0.15, 0.2) is 12.0 Å². The van der Waals surface area contributed by atoms with Gasteiger partial charge in [-0.15, -0.1) is 0 Å². The van der Waals surface area contributed by atoms with Crippen LogP contribution in [0, 0.1) is 0 Å². The van der Waals surface area contributed by atoms with E-state index in [0.29, 0.717) is 21.8 Å². The van der Waals surface area contributed by atoms with E-state index in [2.05, 4.69) is 4.98 Å². The standard InChI is InChI=1S/C7H5ClN2O/c8-4-1-2-5(9)6-7(4)11-3-10-6/h1-3H,9H2. The molecule has 0 aliphatic carbocycles. The van der Waals surface area contributed by atoms with Crippen LogP contribution >= 0.6 is 11.6 Å². The number of oxazole rings is 1. The third kappa shape index (κ3) is 0.851. The normalized spacial score (nSPS) is 10.6. The Balaban J connectivity index is 2.96. The molecule has 11 heavy (non-hydrogen) atoms. The largest absolute Gasteiger partial charge is 0.442 e. The van der Waals surface area contributed by atoms with Crippen molar-refractivity contribution in [2.45, 2.75) is 0 Å². The molecule has 2 aromatic rings. The van der Waals surface area contributed by atoms with Crippen LogP contribution in [0.1, 0.15) is 0 Å². The number of anilines is 1. The molecule has 2 rings (SSSR count). The Morgan fingerprint density at radius 3 is 3.00 bits per heavy atom. The number of aromatic nitrogens is 1. The van der Waals surface area contributed by atoms with E-state index in [9.17, 15) is 0 Å². The molecular formula is C7H5ClN2O. The molecule has 0 saturated carbocycles. The third-order valence-corrected chi connectivity index (χ3v) is 1.76.